The lowest BCUT2D eigenvalue weighted by Crippen LogP contribution is -2.38. The van der Waals surface area contributed by atoms with Crippen molar-refractivity contribution in [3.8, 4) is 5.75 Å². The topological polar surface area (TPSA) is 67.8 Å². The highest BCUT2D eigenvalue weighted by atomic mass is 16.5. The Balaban J connectivity index is 1.49. The van der Waals surface area contributed by atoms with Crippen LogP contribution in [-0.4, -0.2) is 43.9 Å². The Morgan fingerprint density at radius 3 is 2.86 bits per heavy atom. The maximum absolute atomic E-state index is 6.08. The summed E-state index contributed by atoms with van der Waals surface area (Å²) in [5.74, 6) is 1.69. The van der Waals surface area contributed by atoms with Gasteiger partial charge in [-0.3, -0.25) is 9.98 Å². The smallest absolute Gasteiger partial charge is 0.191 e. The van der Waals surface area contributed by atoms with Crippen LogP contribution in [0.5, 0.6) is 5.75 Å². The summed E-state index contributed by atoms with van der Waals surface area (Å²) < 4.78 is 11.8. The first-order chi connectivity index (χ1) is 14.1. The Bertz CT molecular complexity index is 799. The molecule has 2 aromatic rings. The van der Waals surface area contributed by atoms with E-state index in [4.69, 9.17) is 9.47 Å². The molecule has 1 fully saturated rings. The number of guanidine groups is 1. The lowest BCUT2D eigenvalue weighted by Gasteiger charge is -2.17. The molecule has 156 valence electrons. The molecule has 1 aliphatic heterocycles. The van der Waals surface area contributed by atoms with Gasteiger partial charge in [-0.2, -0.15) is 0 Å². The van der Waals surface area contributed by atoms with Gasteiger partial charge >= 0.3 is 0 Å². The zero-order valence-corrected chi connectivity index (χ0v) is 17.7. The molecule has 1 unspecified atom stereocenters. The molecular formula is C23H32N4O2. The SMILES string of the molecule is CN=C(NCCc1ccc(C)nc1)NCc1ccc(C)cc1OCC1CCCO1. The van der Waals surface area contributed by atoms with E-state index in [1.807, 2.05) is 19.2 Å². The number of aryl methyl sites for hydroxylation is 2. The van der Waals surface area contributed by atoms with E-state index in [1.165, 1.54) is 11.1 Å². The fourth-order valence-corrected chi connectivity index (χ4v) is 3.27. The zero-order chi connectivity index (χ0) is 20.5. The molecule has 1 atom stereocenters. The molecule has 0 saturated carbocycles. The summed E-state index contributed by atoms with van der Waals surface area (Å²) in [7, 11) is 1.78. The van der Waals surface area contributed by atoms with E-state index in [9.17, 15) is 0 Å². The van der Waals surface area contributed by atoms with Gasteiger partial charge in [0.25, 0.3) is 0 Å². The third-order valence-corrected chi connectivity index (χ3v) is 5.02. The monoisotopic (exact) mass is 396 g/mol. The predicted molar refractivity (Wildman–Crippen MR) is 117 cm³/mol. The molecule has 1 aromatic heterocycles. The van der Waals surface area contributed by atoms with Crippen molar-refractivity contribution in [1.82, 2.24) is 15.6 Å². The Labute approximate surface area is 173 Å². The number of rotatable bonds is 8. The number of hydrogen-bond acceptors (Lipinski definition) is 4. The van der Waals surface area contributed by atoms with Crippen LogP contribution in [0.15, 0.2) is 41.5 Å². The summed E-state index contributed by atoms with van der Waals surface area (Å²) in [6, 6.07) is 10.5. The minimum absolute atomic E-state index is 0.210. The van der Waals surface area contributed by atoms with Gasteiger partial charge in [0.1, 0.15) is 12.4 Å². The first kappa shape index (κ1) is 21.1. The van der Waals surface area contributed by atoms with Gasteiger partial charge < -0.3 is 20.1 Å². The maximum atomic E-state index is 6.08. The Kier molecular flexibility index (Phi) is 7.87. The number of benzene rings is 1. The van der Waals surface area contributed by atoms with Crippen LogP contribution in [0.3, 0.4) is 0 Å². The van der Waals surface area contributed by atoms with E-state index in [1.54, 1.807) is 7.05 Å². The van der Waals surface area contributed by atoms with Crippen LogP contribution < -0.4 is 15.4 Å². The van der Waals surface area contributed by atoms with E-state index in [2.05, 4.69) is 51.8 Å². The van der Waals surface area contributed by atoms with E-state index < -0.39 is 0 Å². The number of aromatic nitrogens is 1. The fourth-order valence-electron chi connectivity index (χ4n) is 3.27. The zero-order valence-electron chi connectivity index (χ0n) is 17.7. The standard InChI is InChI=1S/C23H32N4O2/c1-17-6-9-20(22(13-17)29-16-21-5-4-12-28-21)15-27-23(24-3)25-11-10-19-8-7-18(2)26-14-19/h6-9,13-14,21H,4-5,10-12,15-16H2,1-3H3,(H2,24,25,27). The first-order valence-corrected chi connectivity index (χ1v) is 10.3. The maximum Gasteiger partial charge on any atom is 0.191 e. The van der Waals surface area contributed by atoms with Gasteiger partial charge in [0.15, 0.2) is 5.96 Å². The first-order valence-electron chi connectivity index (χ1n) is 10.3. The van der Waals surface area contributed by atoms with Gasteiger partial charge in [0.05, 0.1) is 6.10 Å². The largest absolute Gasteiger partial charge is 0.491 e. The highest BCUT2D eigenvalue weighted by Crippen LogP contribution is 2.22. The van der Waals surface area contributed by atoms with E-state index in [-0.39, 0.29) is 6.10 Å². The molecule has 1 aliphatic rings. The summed E-state index contributed by atoms with van der Waals surface area (Å²) in [5, 5.41) is 6.74. The number of nitrogens with one attached hydrogen (secondary N) is 2. The quantitative estimate of drug-likeness (QED) is 0.530. The van der Waals surface area contributed by atoms with Gasteiger partial charge in [0, 0.05) is 44.2 Å². The third kappa shape index (κ3) is 6.75. The summed E-state index contributed by atoms with van der Waals surface area (Å²) in [4.78, 5) is 8.66. The summed E-state index contributed by atoms with van der Waals surface area (Å²) in [6.45, 7) is 6.96. The number of hydrogen-bond donors (Lipinski definition) is 2. The highest BCUT2D eigenvalue weighted by Gasteiger charge is 2.17. The van der Waals surface area contributed by atoms with E-state index in [0.717, 1.165) is 55.4 Å². The van der Waals surface area contributed by atoms with E-state index in [0.29, 0.717) is 13.2 Å². The second-order valence-corrected chi connectivity index (χ2v) is 7.47. The van der Waals surface area contributed by atoms with Crippen LogP contribution in [0.1, 0.15) is 35.2 Å². The molecular weight excluding hydrogens is 364 g/mol. The van der Waals surface area contributed by atoms with Crippen molar-refractivity contribution in [2.75, 3.05) is 26.8 Å². The Morgan fingerprint density at radius 1 is 1.24 bits per heavy atom. The van der Waals surface area contributed by atoms with E-state index >= 15 is 0 Å². The molecule has 0 aliphatic carbocycles. The molecule has 1 saturated heterocycles. The van der Waals surface area contributed by atoms with Crippen molar-refractivity contribution in [3.05, 3.63) is 58.9 Å². The van der Waals surface area contributed by atoms with Crippen molar-refractivity contribution in [1.29, 1.82) is 0 Å². The normalized spacial score (nSPS) is 16.7. The number of pyridine rings is 1. The molecule has 29 heavy (non-hydrogen) atoms. The predicted octanol–water partition coefficient (Wildman–Crippen LogP) is 3.16. The molecule has 2 heterocycles. The summed E-state index contributed by atoms with van der Waals surface area (Å²) in [6.07, 6.45) is 5.23. The molecule has 0 bridgehead atoms. The molecule has 1 aromatic carbocycles. The lowest BCUT2D eigenvalue weighted by molar-refractivity contribution is 0.0676. The van der Waals surface area contributed by atoms with Crippen LogP contribution in [-0.2, 0) is 17.7 Å². The molecule has 6 heteroatoms. The minimum atomic E-state index is 0.210. The average Bonchev–Trinajstić information content (AvgIpc) is 3.25. The van der Waals surface area contributed by atoms with Gasteiger partial charge in [-0.15, -0.1) is 0 Å². The minimum Gasteiger partial charge on any atom is -0.491 e. The number of nitrogens with zero attached hydrogens (tertiary/aromatic N) is 2. The highest BCUT2D eigenvalue weighted by molar-refractivity contribution is 5.79. The molecule has 0 amide bonds. The van der Waals surface area contributed by atoms with Crippen molar-refractivity contribution < 1.29 is 9.47 Å². The van der Waals surface area contributed by atoms with Gasteiger partial charge in [-0.1, -0.05) is 18.2 Å². The number of aliphatic imine (C=N–C) groups is 1. The lowest BCUT2D eigenvalue weighted by atomic mass is 10.1. The van der Waals surface area contributed by atoms with Gasteiger partial charge in [-0.25, -0.2) is 0 Å². The summed E-state index contributed by atoms with van der Waals surface area (Å²) in [5.41, 5.74) is 4.54. The van der Waals surface area contributed by atoms with Gasteiger partial charge in [-0.05, 0) is 56.4 Å². The molecule has 2 N–H and O–H groups in total. The molecule has 6 nitrogen and oxygen atoms in total. The van der Waals surface area contributed by atoms with Crippen LogP contribution in [0, 0.1) is 13.8 Å². The third-order valence-electron chi connectivity index (χ3n) is 5.02. The van der Waals surface area contributed by atoms with Crippen molar-refractivity contribution >= 4 is 5.96 Å². The van der Waals surface area contributed by atoms with Crippen molar-refractivity contribution in [3.63, 3.8) is 0 Å². The fraction of sp³-hybridized carbons (Fsp3) is 0.478. The van der Waals surface area contributed by atoms with Gasteiger partial charge in [0.2, 0.25) is 0 Å². The van der Waals surface area contributed by atoms with Crippen LogP contribution in [0.4, 0.5) is 0 Å². The van der Waals surface area contributed by atoms with Crippen LogP contribution in [0.25, 0.3) is 0 Å². The summed E-state index contributed by atoms with van der Waals surface area (Å²) >= 11 is 0. The number of ether oxygens (including phenoxy) is 2. The average molecular weight is 397 g/mol. The van der Waals surface area contributed by atoms with Crippen molar-refractivity contribution in [2.24, 2.45) is 4.99 Å². The molecule has 0 radical (unpaired) electrons. The molecule has 3 rings (SSSR count). The van der Waals surface area contributed by atoms with Crippen LogP contribution >= 0.6 is 0 Å². The second kappa shape index (κ2) is 10.8. The Morgan fingerprint density at radius 2 is 2.14 bits per heavy atom. The Hall–Kier alpha value is -2.60. The van der Waals surface area contributed by atoms with Crippen LogP contribution in [0.2, 0.25) is 0 Å². The second-order valence-electron chi connectivity index (χ2n) is 7.47. The van der Waals surface area contributed by atoms with Crippen molar-refractivity contribution in [2.45, 2.75) is 45.8 Å². The molecule has 0 spiro atoms.